The lowest BCUT2D eigenvalue weighted by Gasteiger charge is -2.59. The van der Waals surface area contributed by atoms with Crippen molar-refractivity contribution in [1.82, 2.24) is 0 Å². The normalized spacial score (nSPS) is 40.8. The molecule has 1 N–H and O–H groups in total. The molecule has 0 spiro atoms. The Hall–Kier alpha value is -2.81. The third-order valence-electron chi connectivity index (χ3n) is 9.05. The molecule has 9 nitrogen and oxygen atoms in total. The van der Waals surface area contributed by atoms with E-state index in [-0.39, 0.29) is 36.4 Å². The summed E-state index contributed by atoms with van der Waals surface area (Å²) in [7, 11) is 0. The highest BCUT2D eigenvalue weighted by atomic mass is 16.6. The minimum absolute atomic E-state index is 0.0213. The third-order valence-corrected chi connectivity index (χ3v) is 9.05. The second kappa shape index (κ2) is 8.94. The highest BCUT2D eigenvalue weighted by Crippen LogP contribution is 2.67. The van der Waals surface area contributed by atoms with Gasteiger partial charge in [0.05, 0.1) is 6.10 Å². The number of rotatable bonds is 5. The molecule has 0 amide bonds. The van der Waals surface area contributed by atoms with Crippen molar-refractivity contribution in [3.8, 4) is 0 Å². The summed E-state index contributed by atoms with van der Waals surface area (Å²) in [6, 6.07) is 0. The van der Waals surface area contributed by atoms with Gasteiger partial charge in [-0.15, -0.1) is 0 Å². The van der Waals surface area contributed by atoms with Crippen LogP contribution in [-0.2, 0) is 38.2 Å². The molecule has 4 aliphatic carbocycles. The second-order valence-corrected chi connectivity index (χ2v) is 11.1. The van der Waals surface area contributed by atoms with E-state index in [1.165, 1.54) is 20.8 Å². The highest BCUT2D eigenvalue weighted by molar-refractivity contribution is 5.94. The SMILES string of the molecule is CC(=O)OCC(=O)C1(OC(C)=O)C(OC(C)=O)CC2C3CC=C4CC(=O)C=CC4(C)C3C(O)CC21C. The van der Waals surface area contributed by atoms with E-state index in [4.69, 9.17) is 14.2 Å². The number of Topliss-reactive ketones (excluding diaryl/α,β-unsaturated/α-hetero) is 1. The number of carbonyl (C=O) groups is 5. The first kappa shape index (κ1) is 26.3. The predicted octanol–water partition coefficient (Wildman–Crippen LogP) is 2.24. The summed E-state index contributed by atoms with van der Waals surface area (Å²) in [6.45, 7) is 6.71. The Kier molecular flexibility index (Phi) is 6.52. The predicted molar refractivity (Wildman–Crippen MR) is 125 cm³/mol. The van der Waals surface area contributed by atoms with Gasteiger partial charge in [-0.05, 0) is 37.2 Å². The van der Waals surface area contributed by atoms with Crippen LogP contribution in [0.1, 0.15) is 60.3 Å². The summed E-state index contributed by atoms with van der Waals surface area (Å²) in [5.74, 6) is -3.36. The molecule has 8 unspecified atom stereocenters. The van der Waals surface area contributed by atoms with Crippen molar-refractivity contribution in [3.63, 3.8) is 0 Å². The molecule has 9 heteroatoms. The van der Waals surface area contributed by atoms with E-state index in [0.717, 1.165) is 5.57 Å². The van der Waals surface area contributed by atoms with Crippen LogP contribution in [0.25, 0.3) is 0 Å². The molecule has 0 radical (unpaired) electrons. The van der Waals surface area contributed by atoms with Gasteiger partial charge in [-0.2, -0.15) is 0 Å². The fourth-order valence-corrected chi connectivity index (χ4v) is 7.78. The lowest BCUT2D eigenvalue weighted by Crippen LogP contribution is -2.65. The van der Waals surface area contributed by atoms with Crippen molar-refractivity contribution in [2.75, 3.05) is 6.61 Å². The molecule has 0 aromatic carbocycles. The Bertz CT molecular complexity index is 1070. The van der Waals surface area contributed by atoms with Crippen molar-refractivity contribution in [2.45, 2.75) is 78.1 Å². The van der Waals surface area contributed by atoms with Crippen LogP contribution in [-0.4, -0.2) is 59.0 Å². The van der Waals surface area contributed by atoms with Gasteiger partial charge in [0.2, 0.25) is 11.4 Å². The van der Waals surface area contributed by atoms with Crippen LogP contribution < -0.4 is 0 Å². The van der Waals surface area contributed by atoms with Crippen LogP contribution in [0.3, 0.4) is 0 Å². The zero-order chi connectivity index (χ0) is 26.6. The first-order chi connectivity index (χ1) is 16.8. The zero-order valence-corrected chi connectivity index (χ0v) is 21.4. The summed E-state index contributed by atoms with van der Waals surface area (Å²) >= 11 is 0. The van der Waals surface area contributed by atoms with Crippen LogP contribution in [0.4, 0.5) is 0 Å². The van der Waals surface area contributed by atoms with Crippen molar-refractivity contribution in [3.05, 3.63) is 23.8 Å². The van der Waals surface area contributed by atoms with Gasteiger partial charge in [0, 0.05) is 43.9 Å². The van der Waals surface area contributed by atoms with Crippen LogP contribution in [0.5, 0.6) is 0 Å². The fraction of sp³-hybridized carbons (Fsp3) is 0.667. The maximum Gasteiger partial charge on any atom is 0.303 e. The molecule has 0 saturated heterocycles. The first-order valence-corrected chi connectivity index (χ1v) is 12.4. The van der Waals surface area contributed by atoms with Gasteiger partial charge < -0.3 is 19.3 Å². The molecule has 2 saturated carbocycles. The summed E-state index contributed by atoms with van der Waals surface area (Å²) < 4.78 is 16.4. The molecule has 36 heavy (non-hydrogen) atoms. The minimum atomic E-state index is -1.93. The van der Waals surface area contributed by atoms with E-state index in [1.807, 2.05) is 19.1 Å². The smallest absolute Gasteiger partial charge is 0.303 e. The summed E-state index contributed by atoms with van der Waals surface area (Å²) in [6.07, 6.45) is 4.70. The molecule has 8 atom stereocenters. The number of hydrogen-bond donors (Lipinski definition) is 1. The molecule has 196 valence electrons. The van der Waals surface area contributed by atoms with E-state index >= 15 is 0 Å². The number of aliphatic hydroxyl groups excluding tert-OH is 1. The lowest BCUT2D eigenvalue weighted by molar-refractivity contribution is -0.214. The van der Waals surface area contributed by atoms with Crippen LogP contribution >= 0.6 is 0 Å². The van der Waals surface area contributed by atoms with Crippen molar-refractivity contribution >= 4 is 29.5 Å². The molecule has 4 aliphatic rings. The molecular formula is C27H34O9. The van der Waals surface area contributed by atoms with Gasteiger partial charge in [-0.1, -0.05) is 31.6 Å². The largest absolute Gasteiger partial charge is 0.458 e. The molecule has 0 bridgehead atoms. The average molecular weight is 503 g/mol. The minimum Gasteiger partial charge on any atom is -0.458 e. The van der Waals surface area contributed by atoms with E-state index in [1.54, 1.807) is 13.0 Å². The van der Waals surface area contributed by atoms with Crippen LogP contribution in [0, 0.1) is 28.6 Å². The molecule has 4 rings (SSSR count). The highest BCUT2D eigenvalue weighted by Gasteiger charge is 2.75. The van der Waals surface area contributed by atoms with E-state index in [2.05, 4.69) is 0 Å². The Morgan fingerprint density at radius 2 is 1.78 bits per heavy atom. The molecule has 0 aromatic rings. The third kappa shape index (κ3) is 3.83. The number of aliphatic hydroxyl groups is 1. The van der Waals surface area contributed by atoms with Gasteiger partial charge in [-0.25, -0.2) is 0 Å². The Morgan fingerprint density at radius 3 is 2.39 bits per heavy atom. The molecule has 0 heterocycles. The maximum absolute atomic E-state index is 13.8. The van der Waals surface area contributed by atoms with Gasteiger partial charge in [0.1, 0.15) is 6.10 Å². The summed E-state index contributed by atoms with van der Waals surface area (Å²) in [5, 5.41) is 11.6. The van der Waals surface area contributed by atoms with Crippen molar-refractivity contribution in [1.29, 1.82) is 0 Å². The first-order valence-electron chi connectivity index (χ1n) is 12.4. The molecule has 0 aromatic heterocycles. The molecular weight excluding hydrogens is 468 g/mol. The van der Waals surface area contributed by atoms with Crippen LogP contribution in [0.15, 0.2) is 23.8 Å². The molecule has 2 fully saturated rings. The van der Waals surface area contributed by atoms with E-state index < -0.39 is 58.9 Å². The van der Waals surface area contributed by atoms with E-state index in [0.29, 0.717) is 12.8 Å². The lowest BCUT2D eigenvalue weighted by atomic mass is 9.47. The number of carbonyl (C=O) groups excluding carboxylic acids is 5. The number of esters is 3. The Labute approximate surface area is 210 Å². The zero-order valence-electron chi connectivity index (χ0n) is 21.4. The van der Waals surface area contributed by atoms with Gasteiger partial charge in [0.25, 0.3) is 0 Å². The molecule has 0 aliphatic heterocycles. The van der Waals surface area contributed by atoms with Gasteiger partial charge >= 0.3 is 17.9 Å². The number of ketones is 2. The van der Waals surface area contributed by atoms with E-state index in [9.17, 15) is 29.1 Å². The fourth-order valence-electron chi connectivity index (χ4n) is 7.78. The van der Waals surface area contributed by atoms with Gasteiger partial charge in [0.15, 0.2) is 12.4 Å². The van der Waals surface area contributed by atoms with Crippen molar-refractivity contribution < 1.29 is 43.3 Å². The average Bonchev–Trinajstić information content (AvgIpc) is 2.99. The number of hydrogen-bond acceptors (Lipinski definition) is 9. The topological polar surface area (TPSA) is 133 Å². The maximum atomic E-state index is 13.8. The Morgan fingerprint density at radius 1 is 1.08 bits per heavy atom. The van der Waals surface area contributed by atoms with Crippen molar-refractivity contribution in [2.24, 2.45) is 28.6 Å². The quantitative estimate of drug-likeness (QED) is 0.341. The summed E-state index contributed by atoms with van der Waals surface area (Å²) in [4.78, 5) is 61.9. The standard InChI is InChI=1S/C27H34O9/c1-14(28)34-13-22(33)27(36-16(3)30)23(35-15(2)29)11-20-19-7-6-17-10-18(31)8-9-25(17,4)24(19)21(32)12-26(20,27)5/h6,8-9,19-21,23-24,32H,7,10-13H2,1-5H3. The number of fused-ring (bicyclic) bond motifs is 5. The van der Waals surface area contributed by atoms with Crippen LogP contribution in [0.2, 0.25) is 0 Å². The number of allylic oxidation sites excluding steroid dienone is 4. The monoisotopic (exact) mass is 502 g/mol. The summed E-state index contributed by atoms with van der Waals surface area (Å²) in [5.41, 5.74) is -2.60. The Balaban J connectivity index is 1.84. The second-order valence-electron chi connectivity index (χ2n) is 11.1. The number of ether oxygens (including phenoxy) is 3. The van der Waals surface area contributed by atoms with Gasteiger partial charge in [-0.3, -0.25) is 24.0 Å².